The molecule has 0 aromatic heterocycles. The molecule has 0 saturated carbocycles. The van der Waals surface area contributed by atoms with Crippen molar-refractivity contribution in [2.45, 2.75) is 26.7 Å². The maximum atomic E-state index is 13.6. The number of amides is 4. The fourth-order valence-corrected chi connectivity index (χ4v) is 5.10. The van der Waals surface area contributed by atoms with Crippen molar-refractivity contribution >= 4 is 35.0 Å². The molecule has 0 N–H and O–H groups in total. The zero-order chi connectivity index (χ0) is 26.0. The first-order valence-electron chi connectivity index (χ1n) is 11.4. The lowest BCUT2D eigenvalue weighted by Crippen LogP contribution is -2.37. The Balaban J connectivity index is 1.69. The lowest BCUT2D eigenvalue weighted by atomic mass is 9.75. The van der Waals surface area contributed by atoms with Gasteiger partial charge in [0.15, 0.2) is 0 Å². The van der Waals surface area contributed by atoms with Gasteiger partial charge in [-0.1, -0.05) is 13.8 Å². The van der Waals surface area contributed by atoms with E-state index in [0.29, 0.717) is 24.2 Å². The molecule has 2 fully saturated rings. The Morgan fingerprint density at radius 3 is 1.25 bits per heavy atom. The van der Waals surface area contributed by atoms with Crippen molar-refractivity contribution in [1.82, 2.24) is 0 Å². The second-order valence-corrected chi connectivity index (χ2v) is 8.48. The third kappa shape index (κ3) is 3.93. The van der Waals surface area contributed by atoms with Crippen LogP contribution in [-0.4, -0.2) is 23.6 Å². The van der Waals surface area contributed by atoms with Crippen molar-refractivity contribution in [3.05, 3.63) is 48.5 Å². The number of benzene rings is 2. The number of imide groups is 2. The van der Waals surface area contributed by atoms with Gasteiger partial charge in [-0.2, -0.15) is 0 Å². The minimum Gasteiger partial charge on any atom is -0.388 e. The van der Waals surface area contributed by atoms with E-state index in [1.807, 2.05) is 0 Å². The molecule has 4 atom stereocenters. The van der Waals surface area contributed by atoms with E-state index >= 15 is 0 Å². The van der Waals surface area contributed by atoms with Gasteiger partial charge in [-0.25, -0.2) is 0 Å². The zero-order valence-corrected chi connectivity index (χ0v) is 19.6. The fraction of sp³-hybridized carbons (Fsp3) is 0.308. The average molecular weight is 486 g/mol. The number of hydrogen-bond acceptors (Lipinski definition) is 8. The number of ether oxygens (including phenoxy) is 2. The van der Waals surface area contributed by atoms with Gasteiger partial charge in [-0.05, 0) is 61.4 Å². The minimum atomic E-state index is -0.995. The molecule has 2 aliphatic heterocycles. The van der Waals surface area contributed by atoms with Crippen molar-refractivity contribution in [2.75, 3.05) is 9.80 Å². The third-order valence-corrected chi connectivity index (χ3v) is 6.74. The summed E-state index contributed by atoms with van der Waals surface area (Å²) in [4.78, 5) is 56.1. The Kier molecular flexibility index (Phi) is 6.71. The summed E-state index contributed by atoms with van der Waals surface area (Å²) in [6.45, 7) is 3.54. The van der Waals surface area contributed by atoms with Gasteiger partial charge in [0.1, 0.15) is 11.5 Å². The van der Waals surface area contributed by atoms with E-state index in [2.05, 4.69) is 0 Å². The Labute approximate surface area is 207 Å². The van der Waals surface area contributed by atoms with Gasteiger partial charge in [-0.3, -0.25) is 29.0 Å². The van der Waals surface area contributed by atoms with Crippen LogP contribution in [0.5, 0.6) is 11.5 Å². The van der Waals surface area contributed by atoms with Gasteiger partial charge in [-0.15, -0.1) is 10.5 Å². The third-order valence-electron chi connectivity index (χ3n) is 6.74. The predicted molar refractivity (Wildman–Crippen MR) is 125 cm³/mol. The maximum Gasteiger partial charge on any atom is 0.292 e. The minimum absolute atomic E-state index is 0.258. The fourth-order valence-electron chi connectivity index (χ4n) is 5.10. The smallest absolute Gasteiger partial charge is 0.292 e. The second kappa shape index (κ2) is 9.88. The summed E-state index contributed by atoms with van der Waals surface area (Å²) in [7, 11) is 0. The first kappa shape index (κ1) is 24.4. The van der Waals surface area contributed by atoms with Gasteiger partial charge in [0.2, 0.25) is 23.6 Å². The lowest BCUT2D eigenvalue weighted by molar-refractivity contribution is -0.131. The summed E-state index contributed by atoms with van der Waals surface area (Å²) in [6.07, 6.45) is 3.74. The van der Waals surface area contributed by atoms with Crippen LogP contribution in [0.25, 0.3) is 0 Å². The molecule has 0 bridgehead atoms. The largest absolute Gasteiger partial charge is 0.388 e. The Morgan fingerprint density at radius 1 is 0.639 bits per heavy atom. The maximum absolute atomic E-state index is 13.6. The molecule has 36 heavy (non-hydrogen) atoms. The molecule has 4 rings (SSSR count). The molecule has 2 saturated heterocycles. The number of carbonyl (C=O) groups excluding carboxylic acids is 4. The SMILES string of the molecule is CCC1C(=O)N(c2ccc(OC#N)cc2)C(=O)C1C1C(=O)N(c2ccc(OC#N)cc2)C(=O)C1CC. The number of rotatable bonds is 7. The van der Waals surface area contributed by atoms with Gasteiger partial charge < -0.3 is 9.47 Å². The molecule has 0 aliphatic carbocycles. The van der Waals surface area contributed by atoms with E-state index in [0.717, 1.165) is 9.80 Å². The van der Waals surface area contributed by atoms with Crippen LogP contribution in [0.15, 0.2) is 48.5 Å². The number of nitrogens with zero attached hydrogens (tertiary/aromatic N) is 4. The van der Waals surface area contributed by atoms with Crippen molar-refractivity contribution < 1.29 is 28.7 Å². The number of carbonyl (C=O) groups is 4. The van der Waals surface area contributed by atoms with Crippen LogP contribution in [0.2, 0.25) is 0 Å². The quantitative estimate of drug-likeness (QED) is 0.429. The first-order chi connectivity index (χ1) is 17.4. The number of hydrogen-bond donors (Lipinski definition) is 0. The van der Waals surface area contributed by atoms with Crippen LogP contribution in [0.1, 0.15) is 26.7 Å². The Hall–Kier alpha value is -4.70. The molecule has 182 valence electrons. The summed E-state index contributed by atoms with van der Waals surface area (Å²) in [5.41, 5.74) is 0.594. The zero-order valence-electron chi connectivity index (χ0n) is 19.6. The highest BCUT2D eigenvalue weighted by Gasteiger charge is 2.59. The molecule has 2 aromatic carbocycles. The highest BCUT2D eigenvalue weighted by molar-refractivity contribution is 6.27. The van der Waals surface area contributed by atoms with Gasteiger partial charge in [0, 0.05) is 0 Å². The highest BCUT2D eigenvalue weighted by atomic mass is 16.5. The molecule has 0 spiro atoms. The number of anilines is 2. The van der Waals surface area contributed by atoms with Gasteiger partial charge in [0.05, 0.1) is 35.0 Å². The first-order valence-corrected chi connectivity index (χ1v) is 11.4. The van der Waals surface area contributed by atoms with Crippen LogP contribution in [0.3, 0.4) is 0 Å². The van der Waals surface area contributed by atoms with Gasteiger partial charge >= 0.3 is 0 Å². The molecule has 2 aliphatic rings. The molecule has 4 amide bonds. The van der Waals surface area contributed by atoms with Crippen LogP contribution in [0, 0.1) is 46.7 Å². The molecule has 10 heteroatoms. The monoisotopic (exact) mass is 486 g/mol. The van der Waals surface area contributed by atoms with E-state index in [-0.39, 0.29) is 11.5 Å². The van der Waals surface area contributed by atoms with Crippen LogP contribution >= 0.6 is 0 Å². The van der Waals surface area contributed by atoms with E-state index in [4.69, 9.17) is 20.0 Å². The molecule has 2 aromatic rings. The summed E-state index contributed by atoms with van der Waals surface area (Å²) in [5.74, 6) is -4.96. The number of nitriles is 2. The van der Waals surface area contributed by atoms with Crippen molar-refractivity contribution in [2.24, 2.45) is 23.7 Å². The molecule has 10 nitrogen and oxygen atoms in total. The van der Waals surface area contributed by atoms with Crippen molar-refractivity contribution in [1.29, 1.82) is 10.5 Å². The van der Waals surface area contributed by atoms with Crippen molar-refractivity contribution in [3.8, 4) is 24.0 Å². The molecule has 2 heterocycles. The normalized spacial score (nSPS) is 23.6. The van der Waals surface area contributed by atoms with Crippen molar-refractivity contribution in [3.63, 3.8) is 0 Å². The average Bonchev–Trinajstić information content (AvgIpc) is 3.27. The summed E-state index contributed by atoms with van der Waals surface area (Å²) in [6, 6.07) is 11.8. The summed E-state index contributed by atoms with van der Waals surface area (Å²) >= 11 is 0. The molecular formula is C26H22N4O6. The Bertz CT molecular complexity index is 1190. The van der Waals surface area contributed by atoms with E-state index in [9.17, 15) is 19.2 Å². The topological polar surface area (TPSA) is 141 Å². The van der Waals surface area contributed by atoms with E-state index < -0.39 is 47.3 Å². The van der Waals surface area contributed by atoms with E-state index in [1.54, 1.807) is 26.4 Å². The van der Waals surface area contributed by atoms with Crippen LogP contribution in [0.4, 0.5) is 11.4 Å². The standard InChI is InChI=1S/C26H22N4O6/c1-3-19-21(25(33)29(23(19)31)15-5-9-17(10-6-15)35-13-27)22-20(4-2)24(32)30(26(22)34)16-7-11-18(12-8-16)36-14-28/h5-12,19-22H,3-4H2,1-2H3. The Morgan fingerprint density at radius 2 is 0.972 bits per heavy atom. The molecular weight excluding hydrogens is 464 g/mol. The summed E-state index contributed by atoms with van der Waals surface area (Å²) < 4.78 is 9.51. The lowest BCUT2D eigenvalue weighted by Gasteiger charge is -2.23. The molecule has 0 radical (unpaired) electrons. The second-order valence-electron chi connectivity index (χ2n) is 8.48. The highest BCUT2D eigenvalue weighted by Crippen LogP contribution is 2.45. The van der Waals surface area contributed by atoms with E-state index in [1.165, 1.54) is 48.5 Å². The van der Waals surface area contributed by atoms with Gasteiger partial charge in [0.25, 0.3) is 12.5 Å². The van der Waals surface area contributed by atoms with Crippen LogP contribution < -0.4 is 19.3 Å². The summed E-state index contributed by atoms with van der Waals surface area (Å²) in [5, 5.41) is 17.3. The predicted octanol–water partition coefficient (Wildman–Crippen LogP) is 3.14. The molecule has 4 unspecified atom stereocenters. The van der Waals surface area contributed by atoms with Crippen LogP contribution in [-0.2, 0) is 19.2 Å².